The summed E-state index contributed by atoms with van der Waals surface area (Å²) in [6.07, 6.45) is 2.55. The maximum Gasteiger partial charge on any atom is 0.120 e. The highest BCUT2D eigenvalue weighted by Gasteiger charge is 2.16. The first-order chi connectivity index (χ1) is 8.03. The van der Waals surface area contributed by atoms with Crippen molar-refractivity contribution in [3.63, 3.8) is 0 Å². The smallest absolute Gasteiger partial charge is 0.120 e. The SMILES string of the molecule is CC(C)(C)Cc1cccc(OC2CCNC2)c1. The fourth-order valence-electron chi connectivity index (χ4n) is 2.26. The molecule has 0 radical (unpaired) electrons. The molecule has 1 unspecified atom stereocenters. The minimum Gasteiger partial charge on any atom is -0.489 e. The molecule has 0 spiro atoms. The van der Waals surface area contributed by atoms with E-state index in [1.807, 2.05) is 0 Å². The van der Waals surface area contributed by atoms with Gasteiger partial charge in [0, 0.05) is 6.54 Å². The molecule has 1 aliphatic rings. The van der Waals surface area contributed by atoms with Gasteiger partial charge in [-0.2, -0.15) is 0 Å². The van der Waals surface area contributed by atoms with Crippen LogP contribution < -0.4 is 10.1 Å². The van der Waals surface area contributed by atoms with Crippen LogP contribution in [0.5, 0.6) is 5.75 Å². The molecule has 1 N–H and O–H groups in total. The highest BCUT2D eigenvalue weighted by atomic mass is 16.5. The predicted molar refractivity (Wildman–Crippen MR) is 71.5 cm³/mol. The lowest BCUT2D eigenvalue weighted by atomic mass is 9.88. The maximum absolute atomic E-state index is 5.97. The van der Waals surface area contributed by atoms with Gasteiger partial charge in [0.1, 0.15) is 11.9 Å². The zero-order valence-corrected chi connectivity index (χ0v) is 11.1. The predicted octanol–water partition coefficient (Wildman–Crippen LogP) is 3.02. The van der Waals surface area contributed by atoms with Gasteiger partial charge in [0.05, 0.1) is 0 Å². The summed E-state index contributed by atoms with van der Waals surface area (Å²) in [7, 11) is 0. The summed E-state index contributed by atoms with van der Waals surface area (Å²) in [5.41, 5.74) is 1.69. The van der Waals surface area contributed by atoms with Gasteiger partial charge in [-0.05, 0) is 42.5 Å². The summed E-state index contributed by atoms with van der Waals surface area (Å²) >= 11 is 0. The molecule has 0 amide bonds. The Bertz CT molecular complexity index is 361. The second kappa shape index (κ2) is 5.09. The number of hydrogen-bond donors (Lipinski definition) is 1. The van der Waals surface area contributed by atoms with Gasteiger partial charge >= 0.3 is 0 Å². The van der Waals surface area contributed by atoms with Crippen molar-refractivity contribution < 1.29 is 4.74 Å². The van der Waals surface area contributed by atoms with Gasteiger partial charge in [0.2, 0.25) is 0 Å². The van der Waals surface area contributed by atoms with Gasteiger partial charge in [0.25, 0.3) is 0 Å². The monoisotopic (exact) mass is 233 g/mol. The van der Waals surface area contributed by atoms with E-state index >= 15 is 0 Å². The number of rotatable bonds is 3. The van der Waals surface area contributed by atoms with E-state index in [-0.39, 0.29) is 0 Å². The fourth-order valence-corrected chi connectivity index (χ4v) is 2.26. The van der Waals surface area contributed by atoms with Gasteiger partial charge in [-0.3, -0.25) is 0 Å². The molecule has 0 aliphatic carbocycles. The average molecular weight is 233 g/mol. The van der Waals surface area contributed by atoms with Gasteiger partial charge in [-0.25, -0.2) is 0 Å². The van der Waals surface area contributed by atoms with Crippen molar-refractivity contribution in [2.45, 2.75) is 39.7 Å². The second-order valence-electron chi connectivity index (χ2n) is 6.12. The third-order valence-electron chi connectivity index (χ3n) is 2.95. The molecular weight excluding hydrogens is 210 g/mol. The third kappa shape index (κ3) is 4.04. The molecular formula is C15H23NO. The zero-order chi connectivity index (χ0) is 12.3. The van der Waals surface area contributed by atoms with Crippen molar-refractivity contribution >= 4 is 0 Å². The zero-order valence-electron chi connectivity index (χ0n) is 11.1. The molecule has 1 aliphatic heterocycles. The minimum absolute atomic E-state index is 0.327. The molecule has 1 heterocycles. The summed E-state index contributed by atoms with van der Waals surface area (Å²) in [4.78, 5) is 0. The Labute approximate surface area is 104 Å². The van der Waals surface area contributed by atoms with Crippen LogP contribution in [-0.4, -0.2) is 19.2 Å². The van der Waals surface area contributed by atoms with Crippen LogP contribution in [-0.2, 0) is 6.42 Å². The van der Waals surface area contributed by atoms with Crippen molar-refractivity contribution in [2.24, 2.45) is 5.41 Å². The topological polar surface area (TPSA) is 21.3 Å². The Balaban J connectivity index is 2.00. The van der Waals surface area contributed by atoms with Crippen molar-refractivity contribution in [1.29, 1.82) is 0 Å². The maximum atomic E-state index is 5.97. The van der Waals surface area contributed by atoms with E-state index in [9.17, 15) is 0 Å². The average Bonchev–Trinajstić information content (AvgIpc) is 2.68. The van der Waals surface area contributed by atoms with E-state index in [0.29, 0.717) is 11.5 Å². The van der Waals surface area contributed by atoms with Crippen molar-refractivity contribution in [2.75, 3.05) is 13.1 Å². The fraction of sp³-hybridized carbons (Fsp3) is 0.600. The van der Waals surface area contributed by atoms with E-state index < -0.39 is 0 Å². The van der Waals surface area contributed by atoms with E-state index in [0.717, 1.165) is 31.7 Å². The first-order valence-corrected chi connectivity index (χ1v) is 6.49. The van der Waals surface area contributed by atoms with Crippen molar-refractivity contribution in [3.8, 4) is 5.75 Å². The molecule has 1 aromatic carbocycles. The number of benzene rings is 1. The Morgan fingerprint density at radius 2 is 2.18 bits per heavy atom. The first-order valence-electron chi connectivity index (χ1n) is 6.49. The van der Waals surface area contributed by atoms with E-state index in [1.165, 1.54) is 5.56 Å². The van der Waals surface area contributed by atoms with Crippen molar-refractivity contribution in [1.82, 2.24) is 5.32 Å². The summed E-state index contributed by atoms with van der Waals surface area (Å²) in [5, 5.41) is 3.32. The van der Waals surface area contributed by atoms with Crippen LogP contribution in [0, 0.1) is 5.41 Å². The number of ether oxygens (including phenoxy) is 1. The summed E-state index contributed by atoms with van der Waals surface area (Å²) in [6, 6.07) is 8.53. The minimum atomic E-state index is 0.327. The first kappa shape index (κ1) is 12.4. The molecule has 2 nitrogen and oxygen atoms in total. The Morgan fingerprint density at radius 3 is 2.82 bits per heavy atom. The lowest BCUT2D eigenvalue weighted by molar-refractivity contribution is 0.222. The van der Waals surface area contributed by atoms with Crippen LogP contribution in [0.1, 0.15) is 32.8 Å². The summed E-state index contributed by atoms with van der Waals surface area (Å²) < 4.78 is 5.97. The quantitative estimate of drug-likeness (QED) is 0.866. The molecule has 94 valence electrons. The third-order valence-corrected chi connectivity index (χ3v) is 2.95. The molecule has 17 heavy (non-hydrogen) atoms. The molecule has 1 fully saturated rings. The molecule has 1 aromatic rings. The number of nitrogens with one attached hydrogen (secondary N) is 1. The van der Waals surface area contributed by atoms with E-state index in [4.69, 9.17) is 4.74 Å². The highest BCUT2D eigenvalue weighted by Crippen LogP contribution is 2.24. The molecule has 0 bridgehead atoms. The molecule has 1 saturated heterocycles. The summed E-state index contributed by atoms with van der Waals surface area (Å²) in [5.74, 6) is 1.01. The Hall–Kier alpha value is -1.02. The largest absolute Gasteiger partial charge is 0.489 e. The molecule has 0 saturated carbocycles. The van der Waals surface area contributed by atoms with Gasteiger partial charge in [-0.15, -0.1) is 0 Å². The Kier molecular flexibility index (Phi) is 3.72. The van der Waals surface area contributed by atoms with Crippen LogP contribution >= 0.6 is 0 Å². The van der Waals surface area contributed by atoms with Crippen LogP contribution in [0.25, 0.3) is 0 Å². The Morgan fingerprint density at radius 1 is 1.35 bits per heavy atom. The van der Waals surface area contributed by atoms with Crippen molar-refractivity contribution in [3.05, 3.63) is 29.8 Å². The lowest BCUT2D eigenvalue weighted by Crippen LogP contribution is -2.19. The van der Waals surface area contributed by atoms with Crippen LogP contribution in [0.2, 0.25) is 0 Å². The lowest BCUT2D eigenvalue weighted by Gasteiger charge is -2.19. The standard InChI is InChI=1S/C15H23NO/c1-15(2,3)10-12-5-4-6-13(9-12)17-14-7-8-16-11-14/h4-6,9,14,16H,7-8,10-11H2,1-3H3. The highest BCUT2D eigenvalue weighted by molar-refractivity contribution is 5.29. The van der Waals surface area contributed by atoms with Gasteiger partial charge in [0.15, 0.2) is 0 Å². The second-order valence-corrected chi connectivity index (χ2v) is 6.12. The van der Waals surface area contributed by atoms with Gasteiger partial charge < -0.3 is 10.1 Å². The number of hydrogen-bond acceptors (Lipinski definition) is 2. The van der Waals surface area contributed by atoms with Crippen LogP contribution in [0.15, 0.2) is 24.3 Å². The molecule has 2 heteroatoms. The molecule has 0 aromatic heterocycles. The van der Waals surface area contributed by atoms with Gasteiger partial charge in [-0.1, -0.05) is 32.9 Å². The van der Waals surface area contributed by atoms with Crippen LogP contribution in [0.4, 0.5) is 0 Å². The van der Waals surface area contributed by atoms with Crippen LogP contribution in [0.3, 0.4) is 0 Å². The van der Waals surface area contributed by atoms with E-state index in [2.05, 4.69) is 50.4 Å². The van der Waals surface area contributed by atoms with E-state index in [1.54, 1.807) is 0 Å². The normalized spacial score (nSPS) is 20.5. The molecule has 1 atom stereocenters. The summed E-state index contributed by atoms with van der Waals surface area (Å²) in [6.45, 7) is 8.85. The molecule has 2 rings (SSSR count).